The number of aliphatic hydroxyl groups excluding tert-OH is 1. The molecule has 2 atom stereocenters. The van der Waals surface area contributed by atoms with Gasteiger partial charge in [0.2, 0.25) is 0 Å². The standard InChI is InChI=1S/C12H11BrFNO4/c13-8-3-1-2-7(10(8)14)11(17)15-5-6(16)4-9(15)12(18)19/h1-3,6,9,16H,4-5H2,(H,18,19)/t6-,9+/m1/s1. The largest absolute Gasteiger partial charge is 0.480 e. The lowest BCUT2D eigenvalue weighted by molar-refractivity contribution is -0.141. The molecule has 1 aromatic carbocycles. The van der Waals surface area contributed by atoms with E-state index in [2.05, 4.69) is 15.9 Å². The zero-order valence-electron chi connectivity index (χ0n) is 9.72. The van der Waals surface area contributed by atoms with Crippen LogP contribution >= 0.6 is 15.9 Å². The van der Waals surface area contributed by atoms with Gasteiger partial charge in [0.05, 0.1) is 16.1 Å². The van der Waals surface area contributed by atoms with Crippen LogP contribution < -0.4 is 0 Å². The zero-order valence-corrected chi connectivity index (χ0v) is 11.3. The molecule has 1 saturated heterocycles. The molecule has 0 spiro atoms. The van der Waals surface area contributed by atoms with Crippen molar-refractivity contribution in [3.8, 4) is 0 Å². The summed E-state index contributed by atoms with van der Waals surface area (Å²) in [5.41, 5.74) is -0.213. The highest BCUT2D eigenvalue weighted by molar-refractivity contribution is 9.10. The van der Waals surface area contributed by atoms with Gasteiger partial charge in [-0.1, -0.05) is 6.07 Å². The van der Waals surface area contributed by atoms with Crippen LogP contribution in [0.3, 0.4) is 0 Å². The van der Waals surface area contributed by atoms with Gasteiger partial charge >= 0.3 is 5.97 Å². The fraction of sp³-hybridized carbons (Fsp3) is 0.333. The summed E-state index contributed by atoms with van der Waals surface area (Å²) in [4.78, 5) is 24.2. The summed E-state index contributed by atoms with van der Waals surface area (Å²) >= 11 is 2.97. The van der Waals surface area contributed by atoms with Gasteiger partial charge in [-0.3, -0.25) is 4.79 Å². The molecule has 1 aliphatic heterocycles. The number of rotatable bonds is 2. The van der Waals surface area contributed by atoms with E-state index >= 15 is 0 Å². The number of carbonyl (C=O) groups is 2. The number of benzene rings is 1. The fourth-order valence-electron chi connectivity index (χ4n) is 2.10. The van der Waals surface area contributed by atoms with Crippen LogP contribution in [0.4, 0.5) is 4.39 Å². The first-order chi connectivity index (χ1) is 8.91. The van der Waals surface area contributed by atoms with E-state index in [1.165, 1.54) is 18.2 Å². The molecule has 19 heavy (non-hydrogen) atoms. The number of aliphatic carboxylic acids is 1. The Morgan fingerprint density at radius 1 is 1.42 bits per heavy atom. The lowest BCUT2D eigenvalue weighted by atomic mass is 10.1. The van der Waals surface area contributed by atoms with E-state index < -0.39 is 29.8 Å². The zero-order chi connectivity index (χ0) is 14.2. The molecule has 0 aromatic heterocycles. The van der Waals surface area contributed by atoms with Gasteiger partial charge < -0.3 is 15.1 Å². The second kappa shape index (κ2) is 5.26. The summed E-state index contributed by atoms with van der Waals surface area (Å²) in [6.07, 6.45) is -0.947. The molecule has 102 valence electrons. The molecule has 1 amide bonds. The molecule has 0 unspecified atom stereocenters. The Morgan fingerprint density at radius 2 is 2.11 bits per heavy atom. The van der Waals surface area contributed by atoms with Crippen molar-refractivity contribution in [1.82, 2.24) is 4.90 Å². The van der Waals surface area contributed by atoms with Crippen molar-refractivity contribution in [3.63, 3.8) is 0 Å². The van der Waals surface area contributed by atoms with E-state index in [4.69, 9.17) is 5.11 Å². The Hall–Kier alpha value is -1.47. The van der Waals surface area contributed by atoms with Crippen LogP contribution in [0.15, 0.2) is 22.7 Å². The predicted octanol–water partition coefficient (Wildman–Crippen LogP) is 1.25. The number of carboxylic acids is 1. The second-order valence-electron chi connectivity index (χ2n) is 4.30. The molecule has 0 bridgehead atoms. The van der Waals surface area contributed by atoms with E-state index in [-0.39, 0.29) is 23.0 Å². The number of nitrogens with zero attached hydrogens (tertiary/aromatic N) is 1. The summed E-state index contributed by atoms with van der Waals surface area (Å²) < 4.78 is 14.0. The van der Waals surface area contributed by atoms with Crippen LogP contribution in [0.2, 0.25) is 0 Å². The van der Waals surface area contributed by atoms with Crippen molar-refractivity contribution in [2.75, 3.05) is 6.54 Å². The molecule has 0 radical (unpaired) electrons. The highest BCUT2D eigenvalue weighted by Crippen LogP contribution is 2.24. The van der Waals surface area contributed by atoms with Crippen molar-refractivity contribution in [3.05, 3.63) is 34.1 Å². The highest BCUT2D eigenvalue weighted by atomic mass is 79.9. The lowest BCUT2D eigenvalue weighted by Gasteiger charge is -2.21. The molecule has 2 rings (SSSR count). The van der Waals surface area contributed by atoms with Crippen LogP contribution in [0, 0.1) is 5.82 Å². The predicted molar refractivity (Wildman–Crippen MR) is 67.2 cm³/mol. The number of carboxylic acid groups (broad SMARTS) is 1. The summed E-state index contributed by atoms with van der Waals surface area (Å²) in [7, 11) is 0. The average molecular weight is 332 g/mol. The van der Waals surface area contributed by atoms with E-state index in [1.54, 1.807) is 0 Å². The minimum Gasteiger partial charge on any atom is -0.480 e. The van der Waals surface area contributed by atoms with Crippen LogP contribution in [0.5, 0.6) is 0 Å². The second-order valence-corrected chi connectivity index (χ2v) is 5.16. The number of β-amino-alcohol motifs (C(OH)–C–C–N with tert-alkyl or cyclic N) is 1. The minimum atomic E-state index is -1.21. The van der Waals surface area contributed by atoms with Crippen molar-refractivity contribution in [2.45, 2.75) is 18.6 Å². The molecule has 1 aliphatic rings. The maximum absolute atomic E-state index is 13.8. The number of aliphatic hydroxyl groups is 1. The molecule has 1 aromatic rings. The summed E-state index contributed by atoms with van der Waals surface area (Å²) in [6, 6.07) is 3.09. The first-order valence-electron chi connectivity index (χ1n) is 5.57. The van der Waals surface area contributed by atoms with Crippen molar-refractivity contribution < 1.29 is 24.2 Å². The highest BCUT2D eigenvalue weighted by Gasteiger charge is 2.39. The number of amides is 1. The van der Waals surface area contributed by atoms with Crippen LogP contribution in [-0.2, 0) is 4.79 Å². The monoisotopic (exact) mass is 331 g/mol. The van der Waals surface area contributed by atoms with Crippen molar-refractivity contribution in [1.29, 1.82) is 0 Å². The third-order valence-corrected chi connectivity index (χ3v) is 3.62. The van der Waals surface area contributed by atoms with Gasteiger partial charge in [0.1, 0.15) is 11.9 Å². The van der Waals surface area contributed by atoms with Crippen LogP contribution in [-0.4, -0.2) is 45.7 Å². The van der Waals surface area contributed by atoms with Crippen molar-refractivity contribution >= 4 is 27.8 Å². The molecular weight excluding hydrogens is 321 g/mol. The first kappa shape index (κ1) is 14.0. The third-order valence-electron chi connectivity index (χ3n) is 3.01. The maximum atomic E-state index is 13.8. The number of halogens is 2. The normalized spacial score (nSPS) is 22.6. The lowest BCUT2D eigenvalue weighted by Crippen LogP contribution is -2.41. The number of likely N-dealkylation sites (tertiary alicyclic amines) is 1. The summed E-state index contributed by atoms with van der Waals surface area (Å²) in [5.74, 6) is -2.68. The molecule has 1 heterocycles. The van der Waals surface area contributed by atoms with Gasteiger partial charge in [-0.15, -0.1) is 0 Å². The smallest absolute Gasteiger partial charge is 0.326 e. The molecule has 1 fully saturated rings. The molecule has 0 aliphatic carbocycles. The summed E-state index contributed by atoms with van der Waals surface area (Å²) in [6.45, 7) is -0.109. The van der Waals surface area contributed by atoms with Crippen LogP contribution in [0.1, 0.15) is 16.8 Å². The number of hydrogen-bond donors (Lipinski definition) is 2. The van der Waals surface area contributed by atoms with Gasteiger partial charge in [-0.25, -0.2) is 9.18 Å². The maximum Gasteiger partial charge on any atom is 0.326 e. The Kier molecular flexibility index (Phi) is 3.86. The van der Waals surface area contributed by atoms with Crippen LogP contribution in [0.25, 0.3) is 0 Å². The average Bonchev–Trinajstić information content (AvgIpc) is 2.74. The van der Waals surface area contributed by atoms with Crippen molar-refractivity contribution in [2.24, 2.45) is 0 Å². The third kappa shape index (κ3) is 2.62. The molecule has 7 heteroatoms. The molecule has 5 nitrogen and oxygen atoms in total. The van der Waals surface area contributed by atoms with Gasteiger partial charge in [0, 0.05) is 13.0 Å². The molecular formula is C12H11BrFNO4. The van der Waals surface area contributed by atoms with Gasteiger partial charge in [-0.2, -0.15) is 0 Å². The Labute approximate surface area is 116 Å². The Morgan fingerprint density at radius 3 is 2.74 bits per heavy atom. The van der Waals surface area contributed by atoms with Gasteiger partial charge in [0.15, 0.2) is 0 Å². The van der Waals surface area contributed by atoms with Gasteiger partial charge in [-0.05, 0) is 28.1 Å². The van der Waals surface area contributed by atoms with E-state index in [0.29, 0.717) is 0 Å². The number of hydrogen-bond acceptors (Lipinski definition) is 3. The molecule has 0 saturated carbocycles. The fourth-order valence-corrected chi connectivity index (χ4v) is 2.46. The molecule has 2 N–H and O–H groups in total. The van der Waals surface area contributed by atoms with Gasteiger partial charge in [0.25, 0.3) is 5.91 Å². The SMILES string of the molecule is O=C(O)[C@@H]1C[C@@H](O)CN1C(=O)c1cccc(Br)c1F. The Bertz CT molecular complexity index is 536. The minimum absolute atomic E-state index is 0.0449. The first-order valence-corrected chi connectivity index (χ1v) is 6.37. The van der Waals surface area contributed by atoms with E-state index in [0.717, 1.165) is 4.90 Å². The van der Waals surface area contributed by atoms with E-state index in [1.807, 2.05) is 0 Å². The Balaban J connectivity index is 2.33. The topological polar surface area (TPSA) is 77.8 Å². The number of carbonyl (C=O) groups excluding carboxylic acids is 1. The summed E-state index contributed by atoms with van der Waals surface area (Å²) in [5, 5.41) is 18.5. The quantitative estimate of drug-likeness (QED) is 0.854. The van der Waals surface area contributed by atoms with E-state index in [9.17, 15) is 19.1 Å².